The van der Waals surface area contributed by atoms with Gasteiger partial charge in [0.15, 0.2) is 0 Å². The summed E-state index contributed by atoms with van der Waals surface area (Å²) in [6.07, 6.45) is 6.68. The summed E-state index contributed by atoms with van der Waals surface area (Å²) >= 11 is 0. The second-order valence-corrected chi connectivity index (χ2v) is 6.33. The summed E-state index contributed by atoms with van der Waals surface area (Å²) in [5.74, 6) is -0.205. The van der Waals surface area contributed by atoms with Crippen LogP contribution in [0.2, 0.25) is 0 Å². The average molecular weight is 284 g/mol. The van der Waals surface area contributed by atoms with E-state index in [1.165, 1.54) is 0 Å². The SMILES string of the molecule is CC(C)CCCNC(=O)NC1(CC(=O)O)CCCCC1. The summed E-state index contributed by atoms with van der Waals surface area (Å²) in [6.45, 7) is 4.96. The molecule has 0 unspecified atom stereocenters. The molecule has 1 aliphatic carbocycles. The standard InChI is InChI=1S/C15H28N2O3/c1-12(2)7-6-10-16-14(20)17-15(11-13(18)19)8-4-3-5-9-15/h12H,3-11H2,1-2H3,(H,18,19)(H2,16,17,20). The van der Waals surface area contributed by atoms with Gasteiger partial charge in [0, 0.05) is 6.54 Å². The third kappa shape index (κ3) is 6.26. The van der Waals surface area contributed by atoms with Gasteiger partial charge in [0.05, 0.1) is 12.0 Å². The fourth-order valence-electron chi connectivity index (χ4n) is 2.86. The van der Waals surface area contributed by atoms with Crippen LogP contribution in [0.3, 0.4) is 0 Å². The van der Waals surface area contributed by atoms with Crippen molar-refractivity contribution in [2.45, 2.75) is 70.8 Å². The normalized spacial score (nSPS) is 17.8. The Labute approximate surface area is 121 Å². The number of nitrogens with one attached hydrogen (secondary N) is 2. The van der Waals surface area contributed by atoms with Gasteiger partial charge in [-0.3, -0.25) is 4.79 Å². The second kappa shape index (κ2) is 8.12. The van der Waals surface area contributed by atoms with Gasteiger partial charge in [-0.2, -0.15) is 0 Å². The summed E-state index contributed by atoms with van der Waals surface area (Å²) in [5, 5.41) is 14.8. The van der Waals surface area contributed by atoms with E-state index >= 15 is 0 Å². The molecule has 0 aromatic carbocycles. The average Bonchev–Trinajstić information content (AvgIpc) is 2.34. The first-order valence-electron chi connectivity index (χ1n) is 7.71. The minimum Gasteiger partial charge on any atom is -0.481 e. The first kappa shape index (κ1) is 16.8. The maximum Gasteiger partial charge on any atom is 0.315 e. The largest absolute Gasteiger partial charge is 0.481 e. The number of carboxylic acids is 1. The Morgan fingerprint density at radius 2 is 1.85 bits per heavy atom. The molecule has 0 aromatic rings. The highest BCUT2D eigenvalue weighted by atomic mass is 16.4. The molecule has 0 saturated heterocycles. The molecule has 20 heavy (non-hydrogen) atoms. The van der Waals surface area contributed by atoms with Crippen LogP contribution in [0.5, 0.6) is 0 Å². The van der Waals surface area contributed by atoms with E-state index in [0.29, 0.717) is 12.5 Å². The Morgan fingerprint density at radius 3 is 2.40 bits per heavy atom. The third-order valence-electron chi connectivity index (χ3n) is 3.92. The Balaban J connectivity index is 2.40. The van der Waals surface area contributed by atoms with Gasteiger partial charge in [-0.1, -0.05) is 33.1 Å². The summed E-state index contributed by atoms with van der Waals surface area (Å²) in [4.78, 5) is 22.9. The number of rotatable bonds is 7. The van der Waals surface area contributed by atoms with E-state index in [2.05, 4.69) is 24.5 Å². The van der Waals surface area contributed by atoms with Gasteiger partial charge in [0.1, 0.15) is 0 Å². The molecule has 1 fully saturated rings. The van der Waals surface area contributed by atoms with Crippen LogP contribution in [0.1, 0.15) is 65.2 Å². The van der Waals surface area contributed by atoms with Crippen molar-refractivity contribution in [3.8, 4) is 0 Å². The number of carboxylic acid groups (broad SMARTS) is 1. The molecule has 5 nitrogen and oxygen atoms in total. The van der Waals surface area contributed by atoms with Crippen LogP contribution in [0.25, 0.3) is 0 Å². The molecule has 1 saturated carbocycles. The van der Waals surface area contributed by atoms with Gasteiger partial charge in [0.2, 0.25) is 0 Å². The van der Waals surface area contributed by atoms with Crippen LogP contribution in [0.15, 0.2) is 0 Å². The smallest absolute Gasteiger partial charge is 0.315 e. The molecule has 0 aromatic heterocycles. The molecule has 0 radical (unpaired) electrons. The number of urea groups is 1. The zero-order chi connectivity index (χ0) is 15.0. The van der Waals surface area contributed by atoms with E-state index in [0.717, 1.165) is 44.9 Å². The number of hydrogen-bond donors (Lipinski definition) is 3. The van der Waals surface area contributed by atoms with Crippen molar-refractivity contribution >= 4 is 12.0 Å². The lowest BCUT2D eigenvalue weighted by Gasteiger charge is -2.36. The van der Waals surface area contributed by atoms with Gasteiger partial charge in [-0.05, 0) is 31.6 Å². The van der Waals surface area contributed by atoms with Crippen molar-refractivity contribution in [1.82, 2.24) is 10.6 Å². The second-order valence-electron chi connectivity index (χ2n) is 6.33. The lowest BCUT2D eigenvalue weighted by atomic mass is 9.79. The van der Waals surface area contributed by atoms with E-state index in [1.807, 2.05) is 0 Å². The molecule has 5 heteroatoms. The highest BCUT2D eigenvalue weighted by Crippen LogP contribution is 2.31. The Morgan fingerprint density at radius 1 is 1.20 bits per heavy atom. The van der Waals surface area contributed by atoms with Gasteiger partial charge in [0.25, 0.3) is 0 Å². The fourth-order valence-corrected chi connectivity index (χ4v) is 2.86. The van der Waals surface area contributed by atoms with E-state index in [4.69, 9.17) is 5.11 Å². The molecule has 1 aliphatic rings. The minimum absolute atomic E-state index is 0.0203. The van der Waals surface area contributed by atoms with E-state index in [9.17, 15) is 9.59 Å². The summed E-state index contributed by atoms with van der Waals surface area (Å²) in [5.41, 5.74) is -0.549. The molecular weight excluding hydrogens is 256 g/mol. The van der Waals surface area contributed by atoms with Crippen LogP contribution in [0, 0.1) is 5.92 Å². The molecule has 0 bridgehead atoms. The zero-order valence-corrected chi connectivity index (χ0v) is 12.7. The predicted octanol–water partition coefficient (Wildman–Crippen LogP) is 2.90. The number of carbonyl (C=O) groups is 2. The molecule has 0 spiro atoms. The maximum absolute atomic E-state index is 11.9. The topological polar surface area (TPSA) is 78.4 Å². The highest BCUT2D eigenvalue weighted by Gasteiger charge is 2.35. The van der Waals surface area contributed by atoms with Gasteiger partial charge in [-0.25, -0.2) is 4.79 Å². The predicted molar refractivity (Wildman–Crippen MR) is 78.7 cm³/mol. The first-order valence-corrected chi connectivity index (χ1v) is 7.71. The number of carbonyl (C=O) groups excluding carboxylic acids is 1. The van der Waals surface area contributed by atoms with E-state index in [-0.39, 0.29) is 12.5 Å². The molecule has 0 heterocycles. The first-order chi connectivity index (χ1) is 9.43. The van der Waals surface area contributed by atoms with E-state index < -0.39 is 11.5 Å². The Kier molecular flexibility index (Phi) is 6.82. The number of aliphatic carboxylic acids is 1. The van der Waals surface area contributed by atoms with Gasteiger partial charge in [-0.15, -0.1) is 0 Å². The maximum atomic E-state index is 11.9. The molecular formula is C15H28N2O3. The van der Waals surface area contributed by atoms with Crippen molar-refractivity contribution in [1.29, 1.82) is 0 Å². The van der Waals surface area contributed by atoms with Crippen LogP contribution in [-0.4, -0.2) is 29.2 Å². The van der Waals surface area contributed by atoms with Crippen molar-refractivity contribution in [3.05, 3.63) is 0 Å². The van der Waals surface area contributed by atoms with E-state index in [1.54, 1.807) is 0 Å². The third-order valence-corrected chi connectivity index (χ3v) is 3.92. The fraction of sp³-hybridized carbons (Fsp3) is 0.867. The van der Waals surface area contributed by atoms with Gasteiger partial charge < -0.3 is 15.7 Å². The number of amides is 2. The number of hydrogen-bond acceptors (Lipinski definition) is 2. The van der Waals surface area contributed by atoms with Crippen LogP contribution < -0.4 is 10.6 Å². The quantitative estimate of drug-likeness (QED) is 0.629. The van der Waals surface area contributed by atoms with Crippen molar-refractivity contribution < 1.29 is 14.7 Å². The summed E-state index contributed by atoms with van der Waals surface area (Å²) < 4.78 is 0. The molecule has 0 atom stereocenters. The summed E-state index contributed by atoms with van der Waals surface area (Å²) in [7, 11) is 0. The molecule has 2 amide bonds. The van der Waals surface area contributed by atoms with Crippen molar-refractivity contribution in [2.75, 3.05) is 6.54 Å². The van der Waals surface area contributed by atoms with Crippen LogP contribution >= 0.6 is 0 Å². The van der Waals surface area contributed by atoms with Crippen molar-refractivity contribution in [2.24, 2.45) is 5.92 Å². The molecule has 1 rings (SSSR count). The molecule has 3 N–H and O–H groups in total. The van der Waals surface area contributed by atoms with Gasteiger partial charge >= 0.3 is 12.0 Å². The zero-order valence-electron chi connectivity index (χ0n) is 12.7. The molecule has 0 aliphatic heterocycles. The minimum atomic E-state index is -0.841. The monoisotopic (exact) mass is 284 g/mol. The van der Waals surface area contributed by atoms with Crippen LogP contribution in [0.4, 0.5) is 4.79 Å². The Hall–Kier alpha value is -1.26. The Bertz CT molecular complexity index is 323. The lowest BCUT2D eigenvalue weighted by molar-refractivity contribution is -0.139. The highest BCUT2D eigenvalue weighted by molar-refractivity contribution is 5.76. The summed E-state index contributed by atoms with van der Waals surface area (Å²) in [6, 6.07) is -0.225. The van der Waals surface area contributed by atoms with Crippen LogP contribution in [-0.2, 0) is 4.79 Å². The molecule has 116 valence electrons. The van der Waals surface area contributed by atoms with Crippen molar-refractivity contribution in [3.63, 3.8) is 0 Å². The lowest BCUT2D eigenvalue weighted by Crippen LogP contribution is -2.54.